The maximum atomic E-state index is 12.4. The summed E-state index contributed by atoms with van der Waals surface area (Å²) in [6, 6.07) is 16.4. The first kappa shape index (κ1) is 23.2. The van der Waals surface area contributed by atoms with Crippen LogP contribution < -0.4 is 5.32 Å². The first-order chi connectivity index (χ1) is 16.8. The lowest BCUT2D eigenvalue weighted by Gasteiger charge is -2.24. The predicted octanol–water partition coefficient (Wildman–Crippen LogP) is 4.97. The third kappa shape index (κ3) is 4.00. The van der Waals surface area contributed by atoms with E-state index >= 15 is 0 Å². The number of allylic oxidation sites excluding steroid dienone is 1. The average molecular weight is 574 g/mol. The normalized spacial score (nSPS) is 17.9. The number of alkyl halides is 1. The van der Waals surface area contributed by atoms with Crippen molar-refractivity contribution in [3.8, 4) is 17.3 Å². The molecule has 174 valence electrons. The van der Waals surface area contributed by atoms with Crippen LogP contribution >= 0.6 is 22.6 Å². The molecule has 2 aromatic carbocycles. The molecule has 1 unspecified atom stereocenters. The van der Waals surface area contributed by atoms with Crippen LogP contribution in [0.2, 0.25) is 0 Å². The summed E-state index contributed by atoms with van der Waals surface area (Å²) in [5, 5.41) is 21.8. The molecule has 5 rings (SSSR count). The quantitative estimate of drug-likeness (QED) is 0.265. The van der Waals surface area contributed by atoms with E-state index in [2.05, 4.69) is 60.2 Å². The molecule has 3 heterocycles. The van der Waals surface area contributed by atoms with Gasteiger partial charge in [-0.05, 0) is 48.8 Å². The Balaban J connectivity index is 1.65. The van der Waals surface area contributed by atoms with Crippen molar-refractivity contribution in [1.29, 1.82) is 5.26 Å². The first-order valence-corrected chi connectivity index (χ1v) is 12.3. The Bertz CT molecular complexity index is 1580. The zero-order valence-corrected chi connectivity index (χ0v) is 21.7. The molecule has 0 spiro atoms. The van der Waals surface area contributed by atoms with Crippen molar-refractivity contribution in [1.82, 2.24) is 20.5 Å². The molecule has 35 heavy (non-hydrogen) atoms. The number of halogens is 1. The number of aromatic amines is 1. The molecular formula is C27H23IN6O. The fraction of sp³-hybridized carbons (Fsp3) is 0.222. The van der Waals surface area contributed by atoms with Crippen LogP contribution in [0.4, 0.5) is 0 Å². The molecule has 0 saturated carbocycles. The molecule has 2 aromatic heterocycles. The van der Waals surface area contributed by atoms with Crippen molar-refractivity contribution in [2.45, 2.75) is 22.7 Å². The molecular weight excluding hydrogens is 551 g/mol. The van der Waals surface area contributed by atoms with Crippen LogP contribution in [0, 0.1) is 11.3 Å². The lowest BCUT2D eigenvalue weighted by molar-refractivity contribution is -0.121. The smallest absolute Gasteiger partial charge is 0.241 e. The number of carbonyl (C=O) groups is 1. The number of aliphatic imine (C=N–C) groups is 1. The summed E-state index contributed by atoms with van der Waals surface area (Å²) >= 11 is 2.16. The van der Waals surface area contributed by atoms with Crippen LogP contribution in [0.5, 0.6) is 0 Å². The van der Waals surface area contributed by atoms with Gasteiger partial charge in [-0.1, -0.05) is 52.9 Å². The van der Waals surface area contributed by atoms with Gasteiger partial charge in [0, 0.05) is 29.6 Å². The number of benzene rings is 2. The van der Waals surface area contributed by atoms with Crippen molar-refractivity contribution in [2.75, 3.05) is 13.6 Å². The van der Waals surface area contributed by atoms with Crippen molar-refractivity contribution < 1.29 is 4.79 Å². The van der Waals surface area contributed by atoms with E-state index in [4.69, 9.17) is 0 Å². The van der Waals surface area contributed by atoms with Crippen LogP contribution in [-0.4, -0.2) is 44.3 Å². The molecule has 0 bridgehead atoms. The monoisotopic (exact) mass is 574 g/mol. The van der Waals surface area contributed by atoms with Crippen LogP contribution in [0.1, 0.15) is 25.0 Å². The Morgan fingerprint density at radius 1 is 1.20 bits per heavy atom. The zero-order chi connectivity index (χ0) is 24.8. The van der Waals surface area contributed by atoms with Crippen molar-refractivity contribution in [3.05, 3.63) is 65.9 Å². The second-order valence-electron chi connectivity index (χ2n) is 9.18. The van der Waals surface area contributed by atoms with Gasteiger partial charge in [-0.15, -0.1) is 0 Å². The van der Waals surface area contributed by atoms with Crippen LogP contribution in [-0.2, 0) is 10.2 Å². The molecule has 0 radical (unpaired) electrons. The third-order valence-corrected chi connectivity index (χ3v) is 7.57. The summed E-state index contributed by atoms with van der Waals surface area (Å²) in [7, 11) is 1.64. The molecule has 7 nitrogen and oxygen atoms in total. The summed E-state index contributed by atoms with van der Waals surface area (Å²) in [6.07, 6.45) is 5.59. The number of amides is 1. The van der Waals surface area contributed by atoms with Gasteiger partial charge in [0.15, 0.2) is 0 Å². The van der Waals surface area contributed by atoms with Crippen molar-refractivity contribution in [3.63, 3.8) is 0 Å². The fourth-order valence-electron chi connectivity index (χ4n) is 4.31. The molecule has 8 heteroatoms. The number of fused-ring (bicyclic) bond motifs is 3. The number of nitrogens with one attached hydrogen (secondary N) is 2. The molecule has 1 atom stereocenters. The third-order valence-electron chi connectivity index (χ3n) is 6.43. The van der Waals surface area contributed by atoms with Gasteiger partial charge < -0.3 is 5.32 Å². The number of nitriles is 1. The van der Waals surface area contributed by atoms with E-state index in [1.54, 1.807) is 13.2 Å². The molecule has 4 aromatic rings. The molecule has 0 aliphatic carbocycles. The van der Waals surface area contributed by atoms with Crippen LogP contribution in [0.3, 0.4) is 0 Å². The fourth-order valence-corrected chi connectivity index (χ4v) is 5.11. The van der Waals surface area contributed by atoms with Gasteiger partial charge in [0.05, 0.1) is 35.3 Å². The lowest BCUT2D eigenvalue weighted by Crippen LogP contribution is -2.42. The number of rotatable bonds is 4. The van der Waals surface area contributed by atoms with Crippen LogP contribution in [0.25, 0.3) is 38.6 Å². The standard InChI is InChI=1S/C27H23IN6O/c1-26(2,14-29)19-7-4-16(5-8-19)24-23-20-10-17(6-9-21(20)32-13-22(23)33-34-24)18-11-27(28,15-31-12-18)25(35)30-3/h4-13H,15H2,1-3H3,(H,30,35)(H,33,34). The van der Waals surface area contributed by atoms with E-state index in [1.165, 1.54) is 0 Å². The Kier molecular flexibility index (Phi) is 5.68. The first-order valence-electron chi connectivity index (χ1n) is 11.2. The second kappa shape index (κ2) is 8.57. The van der Waals surface area contributed by atoms with E-state index < -0.39 is 8.84 Å². The summed E-state index contributed by atoms with van der Waals surface area (Å²) in [4.78, 5) is 21.5. The van der Waals surface area contributed by atoms with Crippen LogP contribution in [0.15, 0.2) is 59.7 Å². The van der Waals surface area contributed by atoms with E-state index in [0.29, 0.717) is 6.54 Å². The topological polar surface area (TPSA) is 107 Å². The highest BCUT2D eigenvalue weighted by Crippen LogP contribution is 2.35. The maximum absolute atomic E-state index is 12.4. The number of hydrogen-bond donors (Lipinski definition) is 2. The minimum Gasteiger partial charge on any atom is -0.358 e. The summed E-state index contributed by atoms with van der Waals surface area (Å²) in [6.45, 7) is 4.22. The number of aromatic nitrogens is 3. The Hall–Kier alpha value is -3.58. The van der Waals surface area contributed by atoms with E-state index in [9.17, 15) is 10.1 Å². The predicted molar refractivity (Wildman–Crippen MR) is 148 cm³/mol. The molecule has 0 saturated heterocycles. The van der Waals surface area contributed by atoms with E-state index in [0.717, 1.165) is 49.8 Å². The maximum Gasteiger partial charge on any atom is 0.241 e. The highest BCUT2D eigenvalue weighted by Gasteiger charge is 2.34. The van der Waals surface area contributed by atoms with Gasteiger partial charge in [0.1, 0.15) is 9.12 Å². The minimum absolute atomic E-state index is 0.0718. The Labute approximate surface area is 216 Å². The average Bonchev–Trinajstić information content (AvgIpc) is 3.33. The van der Waals surface area contributed by atoms with E-state index in [-0.39, 0.29) is 5.91 Å². The number of H-pyrrole nitrogens is 1. The highest BCUT2D eigenvalue weighted by atomic mass is 127. The van der Waals surface area contributed by atoms with Gasteiger partial charge in [-0.25, -0.2) is 0 Å². The molecule has 1 aliphatic rings. The molecule has 1 aliphatic heterocycles. The van der Waals surface area contributed by atoms with Gasteiger partial charge >= 0.3 is 0 Å². The summed E-state index contributed by atoms with van der Waals surface area (Å²) in [5.41, 5.74) is 5.72. The Morgan fingerprint density at radius 3 is 2.66 bits per heavy atom. The Morgan fingerprint density at radius 2 is 1.94 bits per heavy atom. The van der Waals surface area contributed by atoms with Crippen molar-refractivity contribution in [2.24, 2.45) is 4.99 Å². The molecule has 0 fully saturated rings. The van der Waals surface area contributed by atoms with Gasteiger partial charge in [0.2, 0.25) is 5.91 Å². The van der Waals surface area contributed by atoms with Gasteiger partial charge in [-0.3, -0.25) is 19.9 Å². The summed E-state index contributed by atoms with van der Waals surface area (Å²) < 4.78 is -0.727. The van der Waals surface area contributed by atoms with Crippen molar-refractivity contribution >= 4 is 62.1 Å². The zero-order valence-electron chi connectivity index (χ0n) is 19.6. The number of pyridine rings is 1. The van der Waals surface area contributed by atoms with Gasteiger partial charge in [-0.2, -0.15) is 10.4 Å². The SMILES string of the molecule is CNC(=O)C1(I)C=C(c2ccc3ncc4[nH]nc(-c5ccc(C(C)(C)C#N)cc5)c4c3c2)C=NC1. The number of dihydropyridines is 1. The largest absolute Gasteiger partial charge is 0.358 e. The highest BCUT2D eigenvalue weighted by molar-refractivity contribution is 14.1. The summed E-state index contributed by atoms with van der Waals surface area (Å²) in [5.74, 6) is -0.0718. The number of carbonyl (C=O) groups excluding carboxylic acids is 1. The number of hydrogen-bond acceptors (Lipinski definition) is 5. The number of nitrogens with zero attached hydrogens (tertiary/aromatic N) is 4. The second-order valence-corrected chi connectivity index (χ2v) is 11.1. The molecule has 1 amide bonds. The van der Waals surface area contributed by atoms with E-state index in [1.807, 2.05) is 62.5 Å². The van der Waals surface area contributed by atoms with Gasteiger partial charge in [0.25, 0.3) is 0 Å². The molecule has 2 N–H and O–H groups in total. The lowest BCUT2D eigenvalue weighted by atomic mass is 9.86. The minimum atomic E-state index is -0.727.